The molecule has 1 fully saturated rings. The van der Waals surface area contributed by atoms with E-state index in [-0.39, 0.29) is 0 Å². The van der Waals surface area contributed by atoms with E-state index in [0.717, 1.165) is 6.61 Å². The smallest absolute Gasteiger partial charge is 0.215 e. The van der Waals surface area contributed by atoms with Gasteiger partial charge in [-0.25, -0.2) is 0 Å². The van der Waals surface area contributed by atoms with Crippen molar-refractivity contribution in [2.75, 3.05) is 6.61 Å². The Morgan fingerprint density at radius 3 is 2.87 bits per heavy atom. The van der Waals surface area contributed by atoms with E-state index >= 15 is 0 Å². The van der Waals surface area contributed by atoms with Gasteiger partial charge in [-0.05, 0) is 49.0 Å². The van der Waals surface area contributed by atoms with Crippen molar-refractivity contribution in [3.05, 3.63) is 34.9 Å². The van der Waals surface area contributed by atoms with Crippen molar-refractivity contribution in [3.63, 3.8) is 0 Å². The quantitative estimate of drug-likeness (QED) is 0.694. The van der Waals surface area contributed by atoms with Gasteiger partial charge in [0.2, 0.25) is 9.04 Å². The van der Waals surface area contributed by atoms with Gasteiger partial charge >= 0.3 is 0 Å². The first-order valence-corrected chi connectivity index (χ1v) is 7.62. The average molecular weight is 219 g/mol. The standard InChI is InChI=1S/C13H19OSi/c1-11-6-5-7-13(12(11)2)10-15-9-4-3-8-14-15/h5-7H,3-4,8-10H2,1-2H3. The third kappa shape index (κ3) is 2.70. The summed E-state index contributed by atoms with van der Waals surface area (Å²) in [5, 5.41) is 0. The minimum atomic E-state index is -0.539. The molecule has 1 radical (unpaired) electrons. The van der Waals surface area contributed by atoms with Crippen LogP contribution in [0.25, 0.3) is 0 Å². The van der Waals surface area contributed by atoms with Crippen molar-refractivity contribution >= 4 is 9.04 Å². The summed E-state index contributed by atoms with van der Waals surface area (Å²) in [6.45, 7) is 5.42. The Bertz CT molecular complexity index is 329. The summed E-state index contributed by atoms with van der Waals surface area (Å²) in [5.74, 6) is 0. The van der Waals surface area contributed by atoms with Gasteiger partial charge in [0.05, 0.1) is 0 Å². The molecule has 0 aromatic heterocycles. The van der Waals surface area contributed by atoms with Crippen LogP contribution in [-0.4, -0.2) is 15.6 Å². The second-order valence-corrected chi connectivity index (χ2v) is 6.60. The normalized spacial score (nSPS) is 18.0. The fourth-order valence-corrected chi connectivity index (χ4v) is 4.38. The summed E-state index contributed by atoms with van der Waals surface area (Å²) < 4.78 is 5.88. The molecule has 0 aliphatic carbocycles. The molecule has 15 heavy (non-hydrogen) atoms. The zero-order valence-electron chi connectivity index (χ0n) is 9.68. The Morgan fingerprint density at radius 1 is 1.27 bits per heavy atom. The first kappa shape index (κ1) is 10.9. The van der Waals surface area contributed by atoms with Crippen LogP contribution in [-0.2, 0) is 10.5 Å². The molecule has 0 N–H and O–H groups in total. The first-order chi connectivity index (χ1) is 7.27. The summed E-state index contributed by atoms with van der Waals surface area (Å²) in [4.78, 5) is 0. The summed E-state index contributed by atoms with van der Waals surface area (Å²) in [5.41, 5.74) is 4.38. The maximum Gasteiger partial charge on any atom is 0.215 e. The van der Waals surface area contributed by atoms with Crippen molar-refractivity contribution in [2.24, 2.45) is 0 Å². The third-order valence-electron chi connectivity index (χ3n) is 3.26. The number of rotatable bonds is 2. The van der Waals surface area contributed by atoms with Gasteiger partial charge in [0.15, 0.2) is 0 Å². The minimum Gasteiger partial charge on any atom is -0.416 e. The van der Waals surface area contributed by atoms with Gasteiger partial charge in [-0.3, -0.25) is 0 Å². The molecule has 1 nitrogen and oxygen atoms in total. The van der Waals surface area contributed by atoms with Crippen molar-refractivity contribution in [1.82, 2.24) is 0 Å². The van der Waals surface area contributed by atoms with Crippen molar-refractivity contribution in [3.8, 4) is 0 Å². The lowest BCUT2D eigenvalue weighted by molar-refractivity contribution is 0.286. The number of hydrogen-bond acceptors (Lipinski definition) is 1. The van der Waals surface area contributed by atoms with Gasteiger partial charge in [-0.1, -0.05) is 24.6 Å². The Kier molecular flexibility index (Phi) is 3.60. The Hall–Kier alpha value is -0.603. The topological polar surface area (TPSA) is 9.23 Å². The summed E-state index contributed by atoms with van der Waals surface area (Å²) >= 11 is 0. The van der Waals surface area contributed by atoms with E-state index in [4.69, 9.17) is 4.43 Å². The predicted octanol–water partition coefficient (Wildman–Crippen LogP) is 3.19. The fourth-order valence-electron chi connectivity index (χ4n) is 2.07. The van der Waals surface area contributed by atoms with E-state index in [9.17, 15) is 0 Å². The molecule has 81 valence electrons. The highest BCUT2D eigenvalue weighted by Gasteiger charge is 2.18. The number of aryl methyl sites for hydroxylation is 1. The molecule has 0 bridgehead atoms. The monoisotopic (exact) mass is 219 g/mol. The van der Waals surface area contributed by atoms with Gasteiger partial charge in [0, 0.05) is 6.61 Å². The molecular weight excluding hydrogens is 200 g/mol. The van der Waals surface area contributed by atoms with Crippen LogP contribution >= 0.6 is 0 Å². The molecule has 1 aliphatic heterocycles. The molecule has 2 rings (SSSR count). The van der Waals surface area contributed by atoms with Crippen LogP contribution in [0.5, 0.6) is 0 Å². The van der Waals surface area contributed by atoms with Gasteiger partial charge in [0.1, 0.15) is 0 Å². The molecule has 0 amide bonds. The van der Waals surface area contributed by atoms with Crippen LogP contribution in [0.1, 0.15) is 29.5 Å². The predicted molar refractivity (Wildman–Crippen MR) is 65.4 cm³/mol. The Balaban J connectivity index is 2.06. The third-order valence-corrected chi connectivity index (χ3v) is 5.56. The summed E-state index contributed by atoms with van der Waals surface area (Å²) in [6.07, 6.45) is 2.64. The van der Waals surface area contributed by atoms with Crippen LogP contribution in [0.3, 0.4) is 0 Å². The second-order valence-electron chi connectivity index (χ2n) is 4.38. The van der Waals surface area contributed by atoms with Crippen LogP contribution < -0.4 is 0 Å². The lowest BCUT2D eigenvalue weighted by Crippen LogP contribution is -2.26. The van der Waals surface area contributed by atoms with Gasteiger partial charge in [0.25, 0.3) is 0 Å². The molecule has 1 saturated heterocycles. The molecule has 0 saturated carbocycles. The summed E-state index contributed by atoms with van der Waals surface area (Å²) in [6, 6.07) is 9.15. The van der Waals surface area contributed by atoms with Crippen molar-refractivity contribution in [2.45, 2.75) is 38.8 Å². The molecular formula is C13H19OSi. The Morgan fingerprint density at radius 2 is 2.13 bits per heavy atom. The van der Waals surface area contributed by atoms with Crippen molar-refractivity contribution < 1.29 is 4.43 Å². The number of benzene rings is 1. The largest absolute Gasteiger partial charge is 0.416 e. The molecule has 0 unspecified atom stereocenters. The van der Waals surface area contributed by atoms with E-state index in [0.29, 0.717) is 0 Å². The second kappa shape index (κ2) is 4.95. The highest BCUT2D eigenvalue weighted by atomic mass is 28.3. The fraction of sp³-hybridized carbons (Fsp3) is 0.538. The molecule has 2 heteroatoms. The van der Waals surface area contributed by atoms with Crippen LogP contribution in [0, 0.1) is 13.8 Å². The lowest BCUT2D eigenvalue weighted by atomic mass is 10.1. The van der Waals surface area contributed by atoms with Crippen LogP contribution in [0.15, 0.2) is 18.2 Å². The minimum absolute atomic E-state index is 0.539. The number of hydrogen-bond donors (Lipinski definition) is 0. The maximum atomic E-state index is 5.88. The maximum absolute atomic E-state index is 5.88. The molecule has 0 spiro atoms. The van der Waals surface area contributed by atoms with Gasteiger partial charge in [-0.15, -0.1) is 0 Å². The SMILES string of the molecule is Cc1cccc(C[Si]2CCCCO2)c1C. The van der Waals surface area contributed by atoms with Gasteiger partial charge < -0.3 is 4.43 Å². The van der Waals surface area contributed by atoms with E-state index in [2.05, 4.69) is 32.0 Å². The van der Waals surface area contributed by atoms with Gasteiger partial charge in [-0.2, -0.15) is 0 Å². The average Bonchev–Trinajstić information content (AvgIpc) is 2.26. The van der Waals surface area contributed by atoms with E-state index < -0.39 is 9.04 Å². The first-order valence-electron chi connectivity index (χ1n) is 5.80. The highest BCUT2D eigenvalue weighted by Crippen LogP contribution is 2.19. The van der Waals surface area contributed by atoms with E-state index in [1.807, 2.05) is 0 Å². The highest BCUT2D eigenvalue weighted by molar-refractivity contribution is 6.51. The zero-order valence-corrected chi connectivity index (χ0v) is 10.7. The Labute approximate surface area is 94.2 Å². The molecule has 1 aliphatic rings. The van der Waals surface area contributed by atoms with Crippen LogP contribution in [0.4, 0.5) is 0 Å². The zero-order chi connectivity index (χ0) is 10.7. The molecule has 1 heterocycles. The summed E-state index contributed by atoms with van der Waals surface area (Å²) in [7, 11) is -0.539. The molecule has 1 aromatic rings. The van der Waals surface area contributed by atoms with E-state index in [1.165, 1.54) is 41.6 Å². The van der Waals surface area contributed by atoms with Crippen LogP contribution in [0.2, 0.25) is 6.04 Å². The van der Waals surface area contributed by atoms with E-state index in [1.54, 1.807) is 0 Å². The van der Waals surface area contributed by atoms with Crippen molar-refractivity contribution in [1.29, 1.82) is 0 Å². The lowest BCUT2D eigenvalue weighted by Gasteiger charge is -2.21. The molecule has 0 atom stereocenters. The molecule has 1 aromatic carbocycles.